The first-order valence-electron chi connectivity index (χ1n) is 14.6. The lowest BCUT2D eigenvalue weighted by Gasteiger charge is -2.27. The Bertz CT molecular complexity index is 1290. The van der Waals surface area contributed by atoms with Crippen molar-refractivity contribution in [3.8, 4) is 0 Å². The molecule has 1 heterocycles. The number of carbonyl (C=O) groups excluding carboxylic acids is 3. The molecule has 0 spiro atoms. The van der Waals surface area contributed by atoms with E-state index in [1.54, 1.807) is 26.5 Å². The van der Waals surface area contributed by atoms with Crippen LogP contribution in [0.15, 0.2) is 48.5 Å². The highest BCUT2D eigenvalue weighted by Crippen LogP contribution is 2.31. The normalized spacial score (nSPS) is 14.4. The van der Waals surface area contributed by atoms with Crippen molar-refractivity contribution in [1.29, 1.82) is 0 Å². The highest BCUT2D eigenvalue weighted by Gasteiger charge is 2.21. The number of nitrogens with zero attached hydrogens (tertiary/aromatic N) is 1. The fourth-order valence-electron chi connectivity index (χ4n) is 4.43. The van der Waals surface area contributed by atoms with Crippen molar-refractivity contribution in [2.24, 2.45) is 0 Å². The van der Waals surface area contributed by atoms with Crippen molar-refractivity contribution in [2.75, 3.05) is 42.8 Å². The molecule has 2 N–H and O–H groups in total. The van der Waals surface area contributed by atoms with Crippen LogP contribution in [0.5, 0.6) is 0 Å². The van der Waals surface area contributed by atoms with E-state index in [1.807, 2.05) is 54.6 Å². The van der Waals surface area contributed by atoms with E-state index in [0.29, 0.717) is 44.0 Å². The average molecular weight is 647 g/mol. The molecule has 1 aliphatic heterocycles. The maximum absolute atomic E-state index is 13.3. The summed E-state index contributed by atoms with van der Waals surface area (Å²) in [6.07, 6.45) is 8.06. The van der Waals surface area contributed by atoms with Crippen molar-refractivity contribution in [1.82, 2.24) is 10.6 Å². The third-order valence-corrected chi connectivity index (χ3v) is 9.70. The van der Waals surface area contributed by atoms with Gasteiger partial charge in [0.1, 0.15) is 7.60 Å². The van der Waals surface area contributed by atoms with E-state index in [2.05, 4.69) is 16.7 Å². The smallest absolute Gasteiger partial charge is 0.227 e. The number of hydrogen-bond donors (Lipinski definition) is 2. The number of rotatable bonds is 18. The summed E-state index contributed by atoms with van der Waals surface area (Å²) in [4.78, 5) is 50.3. The minimum Gasteiger partial charge on any atom is -0.779 e. The number of para-hydroxylation sites is 1. The Morgan fingerprint density at radius 3 is 2.30 bits per heavy atom. The molecular formula is C31H41N3O6PS2-. The summed E-state index contributed by atoms with van der Waals surface area (Å²) in [5.41, 5.74) is 3.95. The molecule has 0 saturated heterocycles. The number of hydrogen-bond acceptors (Lipinski definition) is 8. The molecule has 0 bridgehead atoms. The predicted octanol–water partition coefficient (Wildman–Crippen LogP) is 5.25. The molecule has 1 unspecified atom stereocenters. The summed E-state index contributed by atoms with van der Waals surface area (Å²) >= 11 is 0. The molecule has 0 saturated carbocycles. The van der Waals surface area contributed by atoms with Crippen molar-refractivity contribution in [2.45, 2.75) is 51.5 Å². The molecule has 1 aliphatic rings. The standard InChI is InChI=1S/C31H42N3O6PS2/c1-41(38,39)40-21-9-3-2-8-19-32-30(36)18-22-42-43-23-20-33-29(35)16-17-31(37)34-24-27-12-5-4-10-25(27)14-15-26-11-6-7-13-28(26)34/h4-7,10-15H,2-3,8-9,16-24H2,1H3,(H,32,36)(H,33,35)(H,38,39)/p-1/b15-14-. The molecule has 0 aliphatic carbocycles. The monoisotopic (exact) mass is 646 g/mol. The number of nitrogens with one attached hydrogen (secondary N) is 2. The number of carbonyl (C=O) groups is 3. The van der Waals surface area contributed by atoms with Crippen LogP contribution >= 0.6 is 29.2 Å². The summed E-state index contributed by atoms with van der Waals surface area (Å²) in [7, 11) is -0.443. The van der Waals surface area contributed by atoms with Gasteiger partial charge in [-0.2, -0.15) is 0 Å². The fourth-order valence-corrected chi connectivity index (χ4v) is 6.79. The Hall–Kier alpha value is -2.56. The first-order valence-corrected chi connectivity index (χ1v) is 19.1. The van der Waals surface area contributed by atoms with E-state index in [1.165, 1.54) is 0 Å². The lowest BCUT2D eigenvalue weighted by Crippen LogP contribution is -2.33. The zero-order valence-corrected chi connectivity index (χ0v) is 27.2. The third kappa shape index (κ3) is 13.7. The van der Waals surface area contributed by atoms with Gasteiger partial charge in [-0.05, 0) is 35.6 Å². The molecule has 9 nitrogen and oxygen atoms in total. The van der Waals surface area contributed by atoms with E-state index in [4.69, 9.17) is 4.52 Å². The lowest BCUT2D eigenvalue weighted by molar-refractivity contribution is -0.196. The number of unbranched alkanes of at least 4 members (excludes halogenated alkanes) is 3. The number of amides is 3. The first-order chi connectivity index (χ1) is 20.7. The van der Waals surface area contributed by atoms with Gasteiger partial charge in [-0.15, -0.1) is 0 Å². The minimum absolute atomic E-state index is 0.00912. The summed E-state index contributed by atoms with van der Waals surface area (Å²) in [6, 6.07) is 15.8. The molecule has 3 rings (SSSR count). The zero-order chi connectivity index (χ0) is 30.9. The first kappa shape index (κ1) is 34.9. The molecule has 234 valence electrons. The van der Waals surface area contributed by atoms with Gasteiger partial charge in [0.15, 0.2) is 0 Å². The van der Waals surface area contributed by atoms with Crippen LogP contribution in [0.2, 0.25) is 0 Å². The van der Waals surface area contributed by atoms with E-state index in [9.17, 15) is 23.8 Å². The van der Waals surface area contributed by atoms with Crippen LogP contribution in [0.25, 0.3) is 12.2 Å². The minimum atomic E-state index is -3.64. The van der Waals surface area contributed by atoms with Gasteiger partial charge in [-0.3, -0.25) is 14.4 Å². The van der Waals surface area contributed by atoms with Crippen LogP contribution in [-0.4, -0.2) is 55.6 Å². The van der Waals surface area contributed by atoms with Crippen LogP contribution in [-0.2, 0) is 30.0 Å². The average Bonchev–Trinajstić information content (AvgIpc) is 2.97. The third-order valence-electron chi connectivity index (χ3n) is 6.64. The highest BCUT2D eigenvalue weighted by atomic mass is 33.1. The Balaban J connectivity index is 1.24. The molecular weight excluding hydrogens is 605 g/mol. The van der Waals surface area contributed by atoms with Crippen LogP contribution < -0.4 is 20.4 Å². The molecule has 2 aromatic rings. The highest BCUT2D eigenvalue weighted by molar-refractivity contribution is 8.76. The molecule has 3 amide bonds. The molecule has 0 aromatic heterocycles. The van der Waals surface area contributed by atoms with Crippen molar-refractivity contribution >= 4 is 64.7 Å². The topological polar surface area (TPSA) is 128 Å². The predicted molar refractivity (Wildman–Crippen MR) is 176 cm³/mol. The van der Waals surface area contributed by atoms with Gasteiger partial charge in [0, 0.05) is 50.5 Å². The second-order valence-corrected chi connectivity index (χ2v) is 14.7. The van der Waals surface area contributed by atoms with Gasteiger partial charge >= 0.3 is 0 Å². The Kier molecular flexibility index (Phi) is 15.4. The molecule has 0 radical (unpaired) electrons. The summed E-state index contributed by atoms with van der Waals surface area (Å²) in [5.74, 6) is 1.16. The van der Waals surface area contributed by atoms with Crippen molar-refractivity contribution < 1.29 is 28.4 Å². The largest absolute Gasteiger partial charge is 0.779 e. The zero-order valence-electron chi connectivity index (χ0n) is 24.6. The molecule has 0 fully saturated rings. The maximum atomic E-state index is 13.3. The fraction of sp³-hybridized carbons (Fsp3) is 0.452. The van der Waals surface area contributed by atoms with Gasteiger partial charge in [0.05, 0.1) is 18.8 Å². The number of anilines is 1. The molecule has 12 heteroatoms. The summed E-state index contributed by atoms with van der Waals surface area (Å²) < 4.78 is 15.6. The van der Waals surface area contributed by atoms with Crippen LogP contribution in [0.3, 0.4) is 0 Å². The SMILES string of the molecule is CP(=O)([O-])OCCCCCCNC(=O)CCSSCCNC(=O)CCC(=O)N1Cc2ccccc2/C=C\c2ccccc21. The molecule has 43 heavy (non-hydrogen) atoms. The maximum Gasteiger partial charge on any atom is 0.227 e. The molecule has 1 atom stereocenters. The van der Waals surface area contributed by atoms with Crippen molar-refractivity contribution in [3.05, 3.63) is 65.2 Å². The molecule has 2 aromatic carbocycles. The van der Waals surface area contributed by atoms with Crippen LogP contribution in [0.1, 0.15) is 61.6 Å². The quantitative estimate of drug-likeness (QED) is 0.128. The number of benzene rings is 2. The summed E-state index contributed by atoms with van der Waals surface area (Å²) in [6.45, 7) is 2.84. The second kappa shape index (κ2) is 19.0. The Morgan fingerprint density at radius 2 is 1.49 bits per heavy atom. The van der Waals surface area contributed by atoms with Gasteiger partial charge < -0.3 is 29.5 Å². The van der Waals surface area contributed by atoms with E-state index in [0.717, 1.165) is 48.3 Å². The number of fused-ring (bicyclic) bond motifs is 2. The van der Waals surface area contributed by atoms with Gasteiger partial charge in [0.2, 0.25) is 17.7 Å². The lowest BCUT2D eigenvalue weighted by atomic mass is 10.0. The second-order valence-electron chi connectivity index (χ2n) is 10.2. The Labute approximate surface area is 262 Å². The van der Waals surface area contributed by atoms with E-state index in [-0.39, 0.29) is 37.2 Å². The van der Waals surface area contributed by atoms with Gasteiger partial charge in [-0.1, -0.05) is 89.0 Å². The van der Waals surface area contributed by atoms with Crippen LogP contribution in [0.4, 0.5) is 5.69 Å². The van der Waals surface area contributed by atoms with E-state index >= 15 is 0 Å². The van der Waals surface area contributed by atoms with Gasteiger partial charge in [-0.25, -0.2) is 0 Å². The van der Waals surface area contributed by atoms with Crippen LogP contribution in [0, 0.1) is 0 Å². The van der Waals surface area contributed by atoms with Crippen molar-refractivity contribution in [3.63, 3.8) is 0 Å². The Morgan fingerprint density at radius 1 is 0.837 bits per heavy atom. The van der Waals surface area contributed by atoms with E-state index < -0.39 is 7.60 Å². The summed E-state index contributed by atoms with van der Waals surface area (Å²) in [5, 5.41) is 5.79. The van der Waals surface area contributed by atoms with Gasteiger partial charge in [0.25, 0.3) is 0 Å².